The molecule has 0 aromatic carbocycles. The lowest BCUT2D eigenvalue weighted by atomic mass is 9.97. The molecule has 4 rings (SSSR count). The van der Waals surface area contributed by atoms with E-state index in [1.807, 2.05) is 7.05 Å². The number of nitrogens with zero attached hydrogens (tertiary/aromatic N) is 4. The first-order valence-corrected chi connectivity index (χ1v) is 8.06. The summed E-state index contributed by atoms with van der Waals surface area (Å²) in [4.78, 5) is 14.8. The van der Waals surface area contributed by atoms with Gasteiger partial charge in [-0.15, -0.1) is 0 Å². The van der Waals surface area contributed by atoms with E-state index in [0.717, 1.165) is 43.4 Å². The van der Waals surface area contributed by atoms with Gasteiger partial charge in [0, 0.05) is 50.7 Å². The molecular weight excluding hydrogens is 262 g/mol. The lowest BCUT2D eigenvalue weighted by Crippen LogP contribution is -2.57. The molecule has 2 atom stereocenters. The summed E-state index contributed by atoms with van der Waals surface area (Å²) in [5, 5.41) is 3.25. The average molecular weight is 289 g/mol. The largest absolute Gasteiger partial charge is 0.319 e. The van der Waals surface area contributed by atoms with Crippen LogP contribution >= 0.6 is 0 Å². The summed E-state index contributed by atoms with van der Waals surface area (Å²) in [5.41, 5.74) is 3.61. The molecule has 1 aromatic heterocycles. The highest BCUT2D eigenvalue weighted by Gasteiger charge is 2.35. The molecule has 0 radical (unpaired) electrons. The lowest BCUT2D eigenvalue weighted by molar-refractivity contribution is 0.00849. The number of rotatable bonds is 4. The van der Waals surface area contributed by atoms with Gasteiger partial charge in [-0.05, 0) is 32.4 Å². The summed E-state index contributed by atoms with van der Waals surface area (Å²) < 4.78 is 0. The summed E-state index contributed by atoms with van der Waals surface area (Å²) in [5.74, 6) is 1.48. The fourth-order valence-corrected chi connectivity index (χ4v) is 3.88. The first-order valence-electron chi connectivity index (χ1n) is 8.06. The van der Waals surface area contributed by atoms with Gasteiger partial charge in [-0.25, -0.2) is 9.97 Å². The number of piperazine rings is 3. The van der Waals surface area contributed by atoms with Gasteiger partial charge in [-0.3, -0.25) is 9.80 Å². The van der Waals surface area contributed by atoms with Gasteiger partial charge >= 0.3 is 0 Å². The smallest absolute Gasteiger partial charge is 0.147 e. The number of hydrogen-bond acceptors (Lipinski definition) is 5. The van der Waals surface area contributed by atoms with Crippen LogP contribution in [0.3, 0.4) is 0 Å². The van der Waals surface area contributed by atoms with E-state index < -0.39 is 0 Å². The molecule has 2 bridgehead atoms. The van der Waals surface area contributed by atoms with Crippen molar-refractivity contribution < 1.29 is 0 Å². The zero-order valence-electron chi connectivity index (χ0n) is 13.7. The Morgan fingerprint density at radius 2 is 1.76 bits per heavy atom. The van der Waals surface area contributed by atoms with Gasteiger partial charge in [-0.1, -0.05) is 6.92 Å². The minimum absolute atomic E-state index is 0.388. The van der Waals surface area contributed by atoms with Crippen molar-refractivity contribution in [1.29, 1.82) is 0 Å². The molecule has 1 N–H and O–H groups in total. The molecule has 0 aliphatic carbocycles. The van der Waals surface area contributed by atoms with Crippen LogP contribution in [-0.2, 0) is 0 Å². The minimum atomic E-state index is 0.388. The van der Waals surface area contributed by atoms with E-state index in [9.17, 15) is 0 Å². The van der Waals surface area contributed by atoms with Gasteiger partial charge in [0.1, 0.15) is 5.82 Å². The van der Waals surface area contributed by atoms with Crippen LogP contribution in [0.1, 0.15) is 41.7 Å². The highest BCUT2D eigenvalue weighted by atomic mass is 15.4. The van der Waals surface area contributed by atoms with Crippen molar-refractivity contribution in [3.8, 4) is 0 Å². The van der Waals surface area contributed by atoms with Crippen LogP contribution in [0.5, 0.6) is 0 Å². The third-order valence-electron chi connectivity index (χ3n) is 4.92. The van der Waals surface area contributed by atoms with E-state index >= 15 is 0 Å². The standard InChI is InChI=1S/C16H27N5/c1-11(9-17-4)15-12(2)18-16(19-13(15)3)14-10-20-5-7-21(14)8-6-20/h11,14,17H,5-10H2,1-4H3. The van der Waals surface area contributed by atoms with Crippen molar-refractivity contribution in [2.75, 3.05) is 46.3 Å². The first kappa shape index (κ1) is 14.9. The summed E-state index contributed by atoms with van der Waals surface area (Å²) >= 11 is 0. The highest BCUT2D eigenvalue weighted by Crippen LogP contribution is 2.29. The Hall–Kier alpha value is -1.04. The number of fused-ring (bicyclic) bond motifs is 3. The second-order valence-corrected chi connectivity index (χ2v) is 6.48. The number of likely N-dealkylation sites (N-methyl/N-ethyl adjacent to an activating group) is 1. The molecule has 4 heterocycles. The number of nitrogens with one attached hydrogen (secondary N) is 1. The third-order valence-corrected chi connectivity index (χ3v) is 4.92. The van der Waals surface area contributed by atoms with Crippen LogP contribution in [0.4, 0.5) is 0 Å². The maximum atomic E-state index is 4.87. The van der Waals surface area contributed by atoms with Crippen molar-refractivity contribution in [3.05, 3.63) is 22.8 Å². The molecule has 21 heavy (non-hydrogen) atoms. The molecule has 0 amide bonds. The fourth-order valence-electron chi connectivity index (χ4n) is 3.88. The van der Waals surface area contributed by atoms with Crippen molar-refractivity contribution >= 4 is 0 Å². The molecule has 3 aliphatic heterocycles. The van der Waals surface area contributed by atoms with E-state index in [2.05, 4.69) is 35.9 Å². The van der Waals surface area contributed by atoms with E-state index in [1.54, 1.807) is 0 Å². The molecule has 0 saturated carbocycles. The average Bonchev–Trinajstić information content (AvgIpc) is 2.48. The maximum Gasteiger partial charge on any atom is 0.147 e. The van der Waals surface area contributed by atoms with Gasteiger partial charge in [-0.2, -0.15) is 0 Å². The molecule has 3 aliphatic rings. The van der Waals surface area contributed by atoms with E-state index in [0.29, 0.717) is 12.0 Å². The van der Waals surface area contributed by atoms with Crippen LogP contribution < -0.4 is 5.32 Å². The van der Waals surface area contributed by atoms with Crippen LogP contribution in [-0.4, -0.2) is 66.1 Å². The molecule has 5 nitrogen and oxygen atoms in total. The summed E-state index contributed by atoms with van der Waals surface area (Å²) in [6, 6.07) is 0.388. The molecule has 0 spiro atoms. The van der Waals surface area contributed by atoms with Gasteiger partial charge in [0.2, 0.25) is 0 Å². The quantitative estimate of drug-likeness (QED) is 0.899. The van der Waals surface area contributed by atoms with Crippen molar-refractivity contribution in [2.45, 2.75) is 32.7 Å². The fraction of sp³-hybridized carbons (Fsp3) is 0.750. The second kappa shape index (κ2) is 5.99. The van der Waals surface area contributed by atoms with E-state index in [1.165, 1.54) is 18.7 Å². The Morgan fingerprint density at radius 3 is 2.24 bits per heavy atom. The predicted octanol–water partition coefficient (Wildman–Crippen LogP) is 1.09. The van der Waals surface area contributed by atoms with Crippen LogP contribution in [0, 0.1) is 13.8 Å². The molecule has 3 saturated heterocycles. The van der Waals surface area contributed by atoms with E-state index in [4.69, 9.17) is 9.97 Å². The van der Waals surface area contributed by atoms with Crippen molar-refractivity contribution in [3.63, 3.8) is 0 Å². The second-order valence-electron chi connectivity index (χ2n) is 6.48. The van der Waals surface area contributed by atoms with Crippen LogP contribution in [0.25, 0.3) is 0 Å². The Kier molecular flexibility index (Phi) is 4.24. The molecule has 3 fully saturated rings. The monoisotopic (exact) mass is 289 g/mol. The molecule has 1 aromatic rings. The highest BCUT2D eigenvalue weighted by molar-refractivity contribution is 5.29. The van der Waals surface area contributed by atoms with Crippen molar-refractivity contribution in [2.24, 2.45) is 0 Å². The predicted molar refractivity (Wildman–Crippen MR) is 84.6 cm³/mol. The van der Waals surface area contributed by atoms with Crippen molar-refractivity contribution in [1.82, 2.24) is 25.1 Å². The molecular formula is C16H27N5. The van der Waals surface area contributed by atoms with Gasteiger partial charge in [0.05, 0.1) is 6.04 Å². The Balaban J connectivity index is 1.88. The Bertz CT molecular complexity index is 484. The molecule has 2 unspecified atom stereocenters. The summed E-state index contributed by atoms with van der Waals surface area (Å²) in [7, 11) is 2.00. The normalized spacial score (nSPS) is 29.6. The van der Waals surface area contributed by atoms with Gasteiger partial charge in [0.15, 0.2) is 0 Å². The lowest BCUT2D eigenvalue weighted by Gasteiger charge is -2.46. The SMILES string of the molecule is CNCC(C)c1c(C)nc(C2CN3CCN2CC3)nc1C. The number of hydrogen-bond donors (Lipinski definition) is 1. The van der Waals surface area contributed by atoms with Crippen LogP contribution in [0.15, 0.2) is 0 Å². The maximum absolute atomic E-state index is 4.87. The van der Waals surface area contributed by atoms with Gasteiger partial charge in [0.25, 0.3) is 0 Å². The first-order chi connectivity index (χ1) is 10.1. The number of aryl methyl sites for hydroxylation is 2. The number of aromatic nitrogens is 2. The molecule has 116 valence electrons. The van der Waals surface area contributed by atoms with Gasteiger partial charge < -0.3 is 5.32 Å². The minimum Gasteiger partial charge on any atom is -0.319 e. The molecule has 5 heteroatoms. The van der Waals surface area contributed by atoms with E-state index in [-0.39, 0.29) is 0 Å². The zero-order valence-corrected chi connectivity index (χ0v) is 13.7. The Morgan fingerprint density at radius 1 is 1.14 bits per heavy atom. The Labute approximate surface area is 127 Å². The summed E-state index contributed by atoms with van der Waals surface area (Å²) in [6.45, 7) is 13.3. The zero-order chi connectivity index (χ0) is 15.0. The topological polar surface area (TPSA) is 44.3 Å². The van der Waals surface area contributed by atoms with Crippen LogP contribution in [0.2, 0.25) is 0 Å². The third kappa shape index (κ3) is 2.82. The summed E-state index contributed by atoms with van der Waals surface area (Å²) in [6.07, 6.45) is 0.